The maximum absolute atomic E-state index is 13.8. The molecule has 2 atom stereocenters. The maximum Gasteiger partial charge on any atom is 0.335 e. The number of sulfonamides is 1. The van der Waals surface area contributed by atoms with Crippen LogP contribution in [0, 0.1) is 0 Å². The molecule has 0 aliphatic heterocycles. The standard InChI is InChI=1S/C30H40N3O9PS/c1-6-41-43(37,42-7-2)20-21-8-13-24(14-9-21)32-29(36)30(3,23-11-15-25(40-4)16-12-23)31-19-28(35)22-10-17-27(34)26(18-22)33-44(5,38)39/h8-18,28,31,33-35H,6-7,19-20H2,1-5H3,(H,32,36)/t28-,30-/m0/s1. The quantitative estimate of drug-likeness (QED) is 0.108. The molecule has 0 aromatic heterocycles. The van der Waals surface area contributed by atoms with Crippen LogP contribution in [0.3, 0.4) is 0 Å². The molecule has 0 aliphatic rings. The molecule has 14 heteroatoms. The van der Waals surface area contributed by atoms with E-state index in [4.69, 9.17) is 13.8 Å². The fourth-order valence-electron chi connectivity index (χ4n) is 4.39. The molecule has 3 aromatic rings. The van der Waals surface area contributed by atoms with Crippen LogP contribution in [0.4, 0.5) is 11.4 Å². The minimum atomic E-state index is -3.67. The summed E-state index contributed by atoms with van der Waals surface area (Å²) >= 11 is 0. The van der Waals surface area contributed by atoms with Gasteiger partial charge in [0.25, 0.3) is 0 Å². The number of benzene rings is 3. The highest BCUT2D eigenvalue weighted by molar-refractivity contribution is 7.92. The Morgan fingerprint density at radius 2 is 1.61 bits per heavy atom. The van der Waals surface area contributed by atoms with Gasteiger partial charge in [0.15, 0.2) is 0 Å². The summed E-state index contributed by atoms with van der Waals surface area (Å²) in [5.41, 5.74) is 0.660. The Labute approximate surface area is 258 Å². The summed E-state index contributed by atoms with van der Waals surface area (Å²) < 4.78 is 54.5. The fraction of sp³-hybridized carbons (Fsp3) is 0.367. The molecule has 44 heavy (non-hydrogen) atoms. The third-order valence-electron chi connectivity index (χ3n) is 6.71. The predicted octanol–water partition coefficient (Wildman–Crippen LogP) is 4.72. The lowest BCUT2D eigenvalue weighted by Gasteiger charge is -2.31. The van der Waals surface area contributed by atoms with Crippen LogP contribution in [-0.4, -0.2) is 57.7 Å². The first-order valence-corrected chi connectivity index (χ1v) is 17.5. The van der Waals surface area contributed by atoms with Crippen LogP contribution in [0.5, 0.6) is 11.5 Å². The van der Waals surface area contributed by atoms with Crippen LogP contribution in [0.2, 0.25) is 0 Å². The van der Waals surface area contributed by atoms with E-state index in [1.54, 1.807) is 69.3 Å². The summed E-state index contributed by atoms with van der Waals surface area (Å²) in [4.78, 5) is 13.8. The highest BCUT2D eigenvalue weighted by Crippen LogP contribution is 2.51. The predicted molar refractivity (Wildman–Crippen MR) is 170 cm³/mol. The zero-order valence-electron chi connectivity index (χ0n) is 25.4. The average molecular weight is 650 g/mol. The van der Waals surface area contributed by atoms with Gasteiger partial charge in [-0.15, -0.1) is 0 Å². The molecule has 0 unspecified atom stereocenters. The van der Waals surface area contributed by atoms with Crippen molar-refractivity contribution in [3.63, 3.8) is 0 Å². The smallest absolute Gasteiger partial charge is 0.335 e. The Kier molecular flexibility index (Phi) is 12.0. The van der Waals surface area contributed by atoms with Gasteiger partial charge in [0.05, 0.1) is 44.5 Å². The van der Waals surface area contributed by atoms with E-state index >= 15 is 0 Å². The van der Waals surface area contributed by atoms with Crippen molar-refractivity contribution in [2.45, 2.75) is 38.6 Å². The molecule has 0 heterocycles. The molecular formula is C30H40N3O9PS. The maximum atomic E-state index is 13.8. The van der Waals surface area contributed by atoms with Crippen molar-refractivity contribution in [3.8, 4) is 11.5 Å². The largest absolute Gasteiger partial charge is 0.506 e. The molecule has 0 radical (unpaired) electrons. The van der Waals surface area contributed by atoms with Gasteiger partial charge in [0.2, 0.25) is 15.9 Å². The van der Waals surface area contributed by atoms with E-state index in [-0.39, 0.29) is 37.4 Å². The van der Waals surface area contributed by atoms with Gasteiger partial charge in [-0.05, 0) is 73.9 Å². The van der Waals surface area contributed by atoms with Gasteiger partial charge in [-0.25, -0.2) is 8.42 Å². The zero-order valence-corrected chi connectivity index (χ0v) is 27.1. The highest BCUT2D eigenvalue weighted by Gasteiger charge is 2.36. The molecule has 0 saturated heterocycles. The van der Waals surface area contributed by atoms with Gasteiger partial charge in [-0.2, -0.15) is 0 Å². The van der Waals surface area contributed by atoms with Crippen LogP contribution in [0.1, 0.15) is 43.6 Å². The number of nitrogens with one attached hydrogen (secondary N) is 3. The topological polar surface area (TPSA) is 173 Å². The number of phenolic OH excluding ortho intramolecular Hbond substituents is 1. The van der Waals surface area contributed by atoms with E-state index in [0.29, 0.717) is 28.1 Å². The second kappa shape index (κ2) is 15.0. The lowest BCUT2D eigenvalue weighted by Crippen LogP contribution is -2.50. The summed E-state index contributed by atoms with van der Waals surface area (Å²) in [5, 5.41) is 27.1. The Bertz CT molecular complexity index is 1560. The van der Waals surface area contributed by atoms with Crippen LogP contribution >= 0.6 is 7.60 Å². The number of ether oxygens (including phenoxy) is 1. The van der Waals surface area contributed by atoms with Crippen LogP contribution in [0.25, 0.3) is 0 Å². The van der Waals surface area contributed by atoms with E-state index in [1.165, 1.54) is 25.3 Å². The van der Waals surface area contributed by atoms with Crippen molar-refractivity contribution in [3.05, 3.63) is 83.4 Å². The Morgan fingerprint density at radius 1 is 1.00 bits per heavy atom. The summed E-state index contributed by atoms with van der Waals surface area (Å²) in [7, 11) is -5.44. The summed E-state index contributed by atoms with van der Waals surface area (Å²) in [6.45, 7) is 5.55. The minimum Gasteiger partial charge on any atom is -0.506 e. The molecule has 0 saturated carbocycles. The normalized spacial score (nSPS) is 14.0. The van der Waals surface area contributed by atoms with E-state index in [9.17, 15) is 28.0 Å². The number of amides is 1. The molecule has 0 aliphatic carbocycles. The number of methoxy groups -OCH3 is 1. The molecule has 240 valence electrons. The molecule has 3 aromatic carbocycles. The molecular weight excluding hydrogens is 609 g/mol. The fourth-order valence-corrected chi connectivity index (χ4v) is 6.66. The third-order valence-corrected chi connectivity index (χ3v) is 9.36. The number of carbonyl (C=O) groups excluding carboxylic acids is 1. The van der Waals surface area contributed by atoms with E-state index < -0.39 is 35.2 Å². The molecule has 0 bridgehead atoms. The number of hydrogen-bond acceptors (Lipinski definition) is 10. The SMILES string of the molecule is CCOP(=O)(Cc1ccc(NC(=O)[C@@](C)(NC[C@H](O)c2ccc(O)c(NS(C)(=O)=O)c2)c2ccc(OC)cc2)cc1)OCC. The number of carbonyl (C=O) groups is 1. The Balaban J connectivity index is 1.83. The highest BCUT2D eigenvalue weighted by atomic mass is 32.2. The second-order valence-electron chi connectivity index (χ2n) is 10.2. The van der Waals surface area contributed by atoms with Crippen molar-refractivity contribution in [1.82, 2.24) is 5.32 Å². The van der Waals surface area contributed by atoms with Crippen molar-refractivity contribution < 1.29 is 41.8 Å². The van der Waals surface area contributed by atoms with Gasteiger partial charge < -0.3 is 29.3 Å². The van der Waals surface area contributed by atoms with Crippen LogP contribution in [-0.2, 0) is 40.1 Å². The van der Waals surface area contributed by atoms with Crippen molar-refractivity contribution in [1.29, 1.82) is 0 Å². The molecule has 0 spiro atoms. The molecule has 1 amide bonds. The van der Waals surface area contributed by atoms with Gasteiger partial charge >= 0.3 is 7.60 Å². The number of aliphatic hydroxyl groups excluding tert-OH is 1. The van der Waals surface area contributed by atoms with Gasteiger partial charge in [-0.1, -0.05) is 30.3 Å². The number of phenols is 1. The van der Waals surface area contributed by atoms with Gasteiger partial charge in [0.1, 0.15) is 17.0 Å². The van der Waals surface area contributed by atoms with Gasteiger partial charge in [-0.3, -0.25) is 19.4 Å². The monoisotopic (exact) mass is 649 g/mol. The lowest BCUT2D eigenvalue weighted by molar-refractivity contribution is -0.122. The minimum absolute atomic E-state index is 0.0815. The first-order valence-electron chi connectivity index (χ1n) is 13.9. The Hall–Kier alpha value is -3.45. The van der Waals surface area contributed by atoms with Crippen molar-refractivity contribution in [2.75, 3.05) is 43.2 Å². The van der Waals surface area contributed by atoms with Crippen LogP contribution < -0.4 is 20.1 Å². The van der Waals surface area contributed by atoms with E-state index in [0.717, 1.165) is 6.26 Å². The summed E-state index contributed by atoms with van der Waals surface area (Å²) in [6.07, 6.45) is -0.138. The summed E-state index contributed by atoms with van der Waals surface area (Å²) in [5.74, 6) is -0.132. The number of aliphatic hydroxyl groups is 1. The molecule has 0 fully saturated rings. The number of hydrogen-bond donors (Lipinski definition) is 5. The number of rotatable bonds is 16. The third kappa shape index (κ3) is 9.52. The number of anilines is 2. The molecule has 12 nitrogen and oxygen atoms in total. The average Bonchev–Trinajstić information content (AvgIpc) is 2.97. The van der Waals surface area contributed by atoms with Crippen LogP contribution in [0.15, 0.2) is 66.7 Å². The second-order valence-corrected chi connectivity index (χ2v) is 14.0. The molecule has 5 N–H and O–H groups in total. The number of aromatic hydroxyl groups is 1. The van der Waals surface area contributed by atoms with Crippen molar-refractivity contribution in [2.24, 2.45) is 0 Å². The van der Waals surface area contributed by atoms with Gasteiger partial charge in [0, 0.05) is 12.2 Å². The van der Waals surface area contributed by atoms with Crippen molar-refractivity contribution >= 4 is 34.9 Å². The lowest BCUT2D eigenvalue weighted by atomic mass is 9.90. The first-order chi connectivity index (χ1) is 20.7. The van der Waals surface area contributed by atoms with E-state index in [2.05, 4.69) is 15.4 Å². The Morgan fingerprint density at radius 3 is 2.16 bits per heavy atom. The first kappa shape index (κ1) is 35.0. The molecule has 3 rings (SSSR count). The summed E-state index contributed by atoms with van der Waals surface area (Å²) in [6, 6.07) is 17.8. The zero-order chi connectivity index (χ0) is 32.5. The van der Waals surface area contributed by atoms with E-state index in [1.807, 2.05) is 0 Å².